The summed E-state index contributed by atoms with van der Waals surface area (Å²) in [5, 5.41) is 0. The van der Waals surface area contributed by atoms with E-state index in [4.69, 9.17) is 9.47 Å². The van der Waals surface area contributed by atoms with Crippen molar-refractivity contribution in [2.45, 2.75) is 175 Å². The molecular formula is C39H68O4. The van der Waals surface area contributed by atoms with Crippen LogP contribution in [0.4, 0.5) is 0 Å². The summed E-state index contributed by atoms with van der Waals surface area (Å²) in [6.07, 6.45) is 29.2. The van der Waals surface area contributed by atoms with Gasteiger partial charge in [-0.3, -0.25) is 0 Å². The third-order valence-corrected chi connectivity index (χ3v) is 8.77. The molecule has 0 spiro atoms. The lowest BCUT2D eigenvalue weighted by Crippen LogP contribution is -2.16. The van der Waals surface area contributed by atoms with Crippen LogP contribution in [0.15, 0.2) is 24.3 Å². The summed E-state index contributed by atoms with van der Waals surface area (Å²) >= 11 is 0. The van der Waals surface area contributed by atoms with Gasteiger partial charge in [-0.2, -0.15) is 0 Å². The van der Waals surface area contributed by atoms with Crippen molar-refractivity contribution in [1.82, 2.24) is 0 Å². The molecule has 0 aromatic heterocycles. The van der Waals surface area contributed by atoms with E-state index in [1.165, 1.54) is 128 Å². The zero-order chi connectivity index (χ0) is 31.4. The molecule has 0 aliphatic rings. The summed E-state index contributed by atoms with van der Waals surface area (Å²) in [6.45, 7) is 9.78. The lowest BCUT2D eigenvalue weighted by atomic mass is 9.94. The molecule has 1 aromatic rings. The molecule has 1 rings (SSSR count). The van der Waals surface area contributed by atoms with Crippen LogP contribution in [0.2, 0.25) is 0 Å². The zero-order valence-corrected chi connectivity index (χ0v) is 28.8. The molecule has 43 heavy (non-hydrogen) atoms. The molecule has 0 heterocycles. The lowest BCUT2D eigenvalue weighted by molar-refractivity contribution is 0.0421. The van der Waals surface area contributed by atoms with Gasteiger partial charge in [-0.25, -0.2) is 9.59 Å². The molecular weight excluding hydrogens is 532 g/mol. The molecule has 4 nitrogen and oxygen atoms in total. The summed E-state index contributed by atoms with van der Waals surface area (Å²) in [4.78, 5) is 25.7. The van der Waals surface area contributed by atoms with Crippen molar-refractivity contribution in [2.75, 3.05) is 13.2 Å². The first-order valence-corrected chi connectivity index (χ1v) is 18.5. The molecule has 1 aromatic carbocycles. The van der Waals surface area contributed by atoms with Crippen molar-refractivity contribution in [3.05, 3.63) is 35.4 Å². The second-order valence-corrected chi connectivity index (χ2v) is 13.1. The van der Waals surface area contributed by atoms with Crippen molar-refractivity contribution in [2.24, 2.45) is 11.8 Å². The molecule has 0 N–H and O–H groups in total. The smallest absolute Gasteiger partial charge is 0.338 e. The average molecular weight is 601 g/mol. The monoisotopic (exact) mass is 601 g/mol. The fourth-order valence-corrected chi connectivity index (χ4v) is 5.80. The van der Waals surface area contributed by atoms with Crippen LogP contribution in [0.3, 0.4) is 0 Å². The van der Waals surface area contributed by atoms with Gasteiger partial charge in [-0.15, -0.1) is 0 Å². The molecule has 0 saturated heterocycles. The highest BCUT2D eigenvalue weighted by molar-refractivity contribution is 5.95. The van der Waals surface area contributed by atoms with Gasteiger partial charge in [0.05, 0.1) is 24.3 Å². The van der Waals surface area contributed by atoms with Crippen molar-refractivity contribution in [3.63, 3.8) is 0 Å². The van der Waals surface area contributed by atoms with Crippen LogP contribution in [-0.2, 0) is 9.47 Å². The van der Waals surface area contributed by atoms with E-state index >= 15 is 0 Å². The molecule has 0 saturated carbocycles. The van der Waals surface area contributed by atoms with Crippen molar-refractivity contribution >= 4 is 11.9 Å². The van der Waals surface area contributed by atoms with Crippen LogP contribution >= 0.6 is 0 Å². The van der Waals surface area contributed by atoms with Gasteiger partial charge >= 0.3 is 11.9 Å². The highest BCUT2D eigenvalue weighted by atomic mass is 16.5. The van der Waals surface area contributed by atoms with E-state index in [0.29, 0.717) is 36.2 Å². The fourth-order valence-electron chi connectivity index (χ4n) is 5.80. The van der Waals surface area contributed by atoms with E-state index in [1.54, 1.807) is 24.3 Å². The van der Waals surface area contributed by atoms with Gasteiger partial charge in [-0.1, -0.05) is 162 Å². The number of carbonyl (C=O) groups is 2. The number of esters is 2. The highest BCUT2D eigenvalue weighted by Gasteiger charge is 2.16. The third kappa shape index (κ3) is 21.5. The second kappa shape index (κ2) is 27.7. The van der Waals surface area contributed by atoms with E-state index in [2.05, 4.69) is 27.7 Å². The molecule has 0 aliphatic carbocycles. The first kappa shape index (κ1) is 39.2. The molecule has 4 heteroatoms. The first-order valence-electron chi connectivity index (χ1n) is 18.5. The molecule has 0 aliphatic heterocycles. The predicted octanol–water partition coefficient (Wildman–Crippen LogP) is 12.3. The molecule has 2 atom stereocenters. The minimum absolute atomic E-state index is 0.338. The highest BCUT2D eigenvalue weighted by Crippen LogP contribution is 2.21. The topological polar surface area (TPSA) is 52.6 Å². The largest absolute Gasteiger partial charge is 0.462 e. The number of ether oxygens (including phenoxy) is 2. The number of carbonyl (C=O) groups excluding carboxylic acids is 2. The zero-order valence-electron chi connectivity index (χ0n) is 28.8. The summed E-state index contributed by atoms with van der Waals surface area (Å²) in [5.41, 5.74) is 0.851. The van der Waals surface area contributed by atoms with Crippen LogP contribution < -0.4 is 0 Å². The Bertz CT molecular complexity index is 804. The minimum Gasteiger partial charge on any atom is -0.462 e. The van der Waals surface area contributed by atoms with Gasteiger partial charge in [-0.05, 0) is 49.3 Å². The number of rotatable bonds is 29. The maximum absolute atomic E-state index is 13.0. The minimum atomic E-state index is -0.361. The quantitative estimate of drug-likeness (QED) is 0.0678. The van der Waals surface area contributed by atoms with Crippen molar-refractivity contribution in [1.29, 1.82) is 0 Å². The third-order valence-electron chi connectivity index (χ3n) is 8.77. The van der Waals surface area contributed by atoms with Crippen LogP contribution in [0.5, 0.6) is 0 Å². The van der Waals surface area contributed by atoms with E-state index in [-0.39, 0.29) is 11.9 Å². The standard InChI is InChI=1S/C39H68O4/c1-5-8-11-14-17-18-21-24-28-35(27-23-20-16-13-10-7-3)33-43-39(41)37-30-25-29-36(31-37)38(40)42-32-34(4)26-22-19-15-12-9-6-2/h25,29-31,34-35H,5-24,26-28,32-33H2,1-4H3. The van der Waals surface area contributed by atoms with Crippen LogP contribution in [0.25, 0.3) is 0 Å². The summed E-state index contributed by atoms with van der Waals surface area (Å²) in [5.74, 6) is 0.0551. The van der Waals surface area contributed by atoms with Gasteiger partial charge < -0.3 is 9.47 Å². The SMILES string of the molecule is CCCCCCCCCCC(CCCCCCCC)COC(=O)c1cccc(C(=O)OCC(C)CCCCCCCC)c1. The summed E-state index contributed by atoms with van der Waals surface area (Å²) < 4.78 is 11.4. The van der Waals surface area contributed by atoms with E-state index < -0.39 is 0 Å². The number of hydrogen-bond donors (Lipinski definition) is 0. The van der Waals surface area contributed by atoms with Crippen molar-refractivity contribution < 1.29 is 19.1 Å². The van der Waals surface area contributed by atoms with Gasteiger partial charge in [0.1, 0.15) is 0 Å². The number of hydrogen-bond acceptors (Lipinski definition) is 4. The van der Waals surface area contributed by atoms with Gasteiger partial charge in [0.15, 0.2) is 0 Å². The molecule has 0 radical (unpaired) electrons. The number of unbranched alkanes of at least 4 members (excludes halogenated alkanes) is 17. The maximum atomic E-state index is 13.0. The Hall–Kier alpha value is -1.84. The van der Waals surface area contributed by atoms with E-state index in [0.717, 1.165) is 19.3 Å². The van der Waals surface area contributed by atoms with Crippen LogP contribution in [0.1, 0.15) is 196 Å². The Balaban J connectivity index is 2.49. The van der Waals surface area contributed by atoms with Gasteiger partial charge in [0, 0.05) is 0 Å². The Morgan fingerprint density at radius 3 is 1.35 bits per heavy atom. The molecule has 0 fully saturated rings. The molecule has 248 valence electrons. The van der Waals surface area contributed by atoms with Gasteiger partial charge in [0.25, 0.3) is 0 Å². The Morgan fingerprint density at radius 2 is 0.907 bits per heavy atom. The second-order valence-electron chi connectivity index (χ2n) is 13.1. The van der Waals surface area contributed by atoms with Crippen LogP contribution in [0, 0.1) is 11.8 Å². The fraction of sp³-hybridized carbons (Fsp3) is 0.795. The van der Waals surface area contributed by atoms with Crippen LogP contribution in [-0.4, -0.2) is 25.2 Å². The average Bonchev–Trinajstić information content (AvgIpc) is 3.02. The Kier molecular flexibility index (Phi) is 25.2. The van der Waals surface area contributed by atoms with E-state index in [1.807, 2.05) is 0 Å². The normalized spacial score (nSPS) is 12.7. The van der Waals surface area contributed by atoms with Crippen molar-refractivity contribution in [3.8, 4) is 0 Å². The Labute approximate surface area is 266 Å². The van der Waals surface area contributed by atoms with E-state index in [9.17, 15) is 9.59 Å². The summed E-state index contributed by atoms with van der Waals surface area (Å²) in [7, 11) is 0. The number of benzene rings is 1. The maximum Gasteiger partial charge on any atom is 0.338 e. The first-order chi connectivity index (χ1) is 21.0. The lowest BCUT2D eigenvalue weighted by Gasteiger charge is -2.17. The molecule has 2 unspecified atom stereocenters. The predicted molar refractivity (Wildman–Crippen MR) is 183 cm³/mol. The summed E-state index contributed by atoms with van der Waals surface area (Å²) in [6, 6.07) is 6.84. The molecule has 0 amide bonds. The Morgan fingerprint density at radius 1 is 0.535 bits per heavy atom. The molecule has 0 bridgehead atoms. The van der Waals surface area contributed by atoms with Gasteiger partial charge in [0.2, 0.25) is 0 Å².